The maximum atomic E-state index is 11.6. The summed E-state index contributed by atoms with van der Waals surface area (Å²) in [5.74, 6) is 0. The van der Waals surface area contributed by atoms with Crippen molar-refractivity contribution in [3.8, 4) is 0 Å². The van der Waals surface area contributed by atoms with Crippen LogP contribution in [0.5, 0.6) is 0 Å². The first-order valence-electron chi connectivity index (χ1n) is 11.4. The zero-order valence-corrected chi connectivity index (χ0v) is 19.1. The molecule has 0 rings (SSSR count). The molecule has 7 nitrogen and oxygen atoms in total. The van der Waals surface area contributed by atoms with E-state index in [1.54, 1.807) is 6.08 Å². The Morgan fingerprint density at radius 1 is 0.710 bits per heavy atom. The van der Waals surface area contributed by atoms with E-state index in [-0.39, 0.29) is 19.3 Å². The average molecular weight is 438 g/mol. The lowest BCUT2D eigenvalue weighted by Gasteiger charge is -2.54. The molecule has 0 heterocycles. The molecule has 0 radical (unpaired) electrons. The van der Waals surface area contributed by atoms with E-state index in [2.05, 4.69) is 29.8 Å². The van der Waals surface area contributed by atoms with E-state index in [0.717, 1.165) is 44.9 Å². The van der Waals surface area contributed by atoms with Crippen molar-refractivity contribution < 1.29 is 20.4 Å². The third kappa shape index (κ3) is 8.43. The van der Waals surface area contributed by atoms with Crippen LogP contribution in [0.25, 0.3) is 10.4 Å². The molecule has 178 valence electrons. The second-order valence-electron chi connectivity index (χ2n) is 8.47. The zero-order valence-electron chi connectivity index (χ0n) is 19.1. The number of azide groups is 1. The lowest BCUT2D eigenvalue weighted by molar-refractivity contribution is -0.230. The number of nitrogens with zero attached hydrogens (tertiary/aromatic N) is 3. The second-order valence-corrected chi connectivity index (χ2v) is 8.47. The Morgan fingerprint density at radius 2 is 1.13 bits per heavy atom. The van der Waals surface area contributed by atoms with Crippen molar-refractivity contribution in [3.05, 3.63) is 48.4 Å². The monoisotopic (exact) mass is 437 g/mol. The molecule has 1 atom stereocenters. The molecule has 0 amide bonds. The van der Waals surface area contributed by atoms with Gasteiger partial charge in [-0.3, -0.25) is 0 Å². The molecule has 31 heavy (non-hydrogen) atoms. The molecule has 0 aliphatic rings. The summed E-state index contributed by atoms with van der Waals surface area (Å²) in [5.41, 5.74) is 3.62. The smallest absolute Gasteiger partial charge is 0.0843 e. The highest BCUT2D eigenvalue weighted by atomic mass is 16.3. The number of rotatable bonds is 21. The van der Waals surface area contributed by atoms with Gasteiger partial charge >= 0.3 is 0 Å². The molecule has 0 fully saturated rings. The summed E-state index contributed by atoms with van der Waals surface area (Å²) >= 11 is 0. The highest BCUT2D eigenvalue weighted by molar-refractivity contribution is 5.14. The summed E-state index contributed by atoms with van der Waals surface area (Å²) in [6.07, 6.45) is 13.3. The number of aliphatic hydroxyl groups is 4. The van der Waals surface area contributed by atoms with E-state index >= 15 is 0 Å². The van der Waals surface area contributed by atoms with Crippen LogP contribution >= 0.6 is 0 Å². The first-order valence-corrected chi connectivity index (χ1v) is 11.4. The number of hydrogen-bond donors (Lipinski definition) is 4. The zero-order chi connectivity index (χ0) is 23.6. The van der Waals surface area contributed by atoms with Crippen molar-refractivity contribution in [1.82, 2.24) is 0 Å². The summed E-state index contributed by atoms with van der Waals surface area (Å²) in [6, 6.07) is 0. The molecule has 1 unspecified atom stereocenters. The first kappa shape index (κ1) is 29.4. The lowest BCUT2D eigenvalue weighted by Crippen LogP contribution is -2.65. The Bertz CT molecular complexity index is 561. The van der Waals surface area contributed by atoms with Gasteiger partial charge in [0.2, 0.25) is 0 Å². The Hall–Kier alpha value is -1.63. The fourth-order valence-electron chi connectivity index (χ4n) is 4.50. The Labute approximate surface area is 187 Å². The third-order valence-electron chi connectivity index (χ3n) is 6.43. The quantitative estimate of drug-likeness (QED) is 0.0664. The van der Waals surface area contributed by atoms with Crippen molar-refractivity contribution in [3.63, 3.8) is 0 Å². The van der Waals surface area contributed by atoms with Crippen molar-refractivity contribution in [2.45, 2.75) is 88.3 Å². The fraction of sp³-hybridized carbons (Fsp3) is 0.750. The van der Waals surface area contributed by atoms with Crippen molar-refractivity contribution >= 4 is 0 Å². The van der Waals surface area contributed by atoms with Crippen LogP contribution in [0.1, 0.15) is 77.0 Å². The van der Waals surface area contributed by atoms with Crippen LogP contribution in [0.15, 0.2) is 43.1 Å². The van der Waals surface area contributed by atoms with Crippen LogP contribution in [0.2, 0.25) is 0 Å². The van der Waals surface area contributed by atoms with Gasteiger partial charge < -0.3 is 20.4 Å². The molecule has 0 bridgehead atoms. The maximum Gasteiger partial charge on any atom is 0.0843 e. The van der Waals surface area contributed by atoms with Crippen LogP contribution in [-0.4, -0.2) is 51.4 Å². The molecule has 0 aromatic carbocycles. The van der Waals surface area contributed by atoms with Crippen LogP contribution in [-0.2, 0) is 0 Å². The third-order valence-corrected chi connectivity index (χ3v) is 6.43. The molecule has 0 saturated heterocycles. The molecular weight excluding hydrogens is 394 g/mol. The number of hydrogen-bond acceptors (Lipinski definition) is 5. The van der Waals surface area contributed by atoms with Gasteiger partial charge in [-0.15, -0.1) is 19.7 Å². The standard InChI is InChI=1S/C24H43N3O4/c1-4-15-23(30,16-5-2)22(20-28,21-29)24(31,17-6-3)18-13-11-9-7-8-10-12-14-19-26-27-25/h4-6,28-31H,1-3,7-21H2. The van der Waals surface area contributed by atoms with Crippen molar-refractivity contribution in [2.24, 2.45) is 10.5 Å². The van der Waals surface area contributed by atoms with Crippen LogP contribution in [0.3, 0.4) is 0 Å². The van der Waals surface area contributed by atoms with Gasteiger partial charge in [-0.2, -0.15) is 0 Å². The molecule has 0 aliphatic carbocycles. The number of aliphatic hydroxyl groups excluding tert-OH is 2. The van der Waals surface area contributed by atoms with Crippen LogP contribution in [0.4, 0.5) is 0 Å². The van der Waals surface area contributed by atoms with Gasteiger partial charge in [0, 0.05) is 11.5 Å². The van der Waals surface area contributed by atoms with Gasteiger partial charge in [0.15, 0.2) is 0 Å². The van der Waals surface area contributed by atoms with E-state index in [4.69, 9.17) is 5.53 Å². The average Bonchev–Trinajstić information content (AvgIpc) is 2.73. The molecule has 0 saturated carbocycles. The van der Waals surface area contributed by atoms with Gasteiger partial charge in [-0.1, -0.05) is 68.3 Å². The molecule has 7 heteroatoms. The summed E-state index contributed by atoms with van der Waals surface area (Å²) in [4.78, 5) is 2.74. The maximum absolute atomic E-state index is 11.6. The van der Waals surface area contributed by atoms with Crippen LogP contribution in [0, 0.1) is 5.41 Å². The Kier molecular flexibility index (Phi) is 15.2. The van der Waals surface area contributed by atoms with E-state index < -0.39 is 29.8 Å². The van der Waals surface area contributed by atoms with Gasteiger partial charge in [0.25, 0.3) is 0 Å². The fourth-order valence-corrected chi connectivity index (χ4v) is 4.50. The molecule has 4 N–H and O–H groups in total. The largest absolute Gasteiger partial charge is 0.395 e. The predicted octanol–water partition coefficient (Wildman–Crippen LogP) is 4.97. The summed E-state index contributed by atoms with van der Waals surface area (Å²) in [7, 11) is 0. The normalized spacial score (nSPS) is 13.8. The first-order chi connectivity index (χ1) is 14.9. The molecule has 0 spiro atoms. The van der Waals surface area contributed by atoms with Crippen molar-refractivity contribution in [2.75, 3.05) is 19.8 Å². The minimum atomic E-state index is -1.58. The second kappa shape index (κ2) is 16.1. The minimum Gasteiger partial charge on any atom is -0.395 e. The van der Waals surface area contributed by atoms with E-state index in [1.807, 2.05) is 0 Å². The highest BCUT2D eigenvalue weighted by Crippen LogP contribution is 2.49. The summed E-state index contributed by atoms with van der Waals surface area (Å²) in [5, 5.41) is 47.1. The molecule has 0 aromatic heterocycles. The van der Waals surface area contributed by atoms with Gasteiger partial charge in [-0.25, -0.2) is 0 Å². The molecule has 0 aromatic rings. The number of unbranched alkanes of at least 4 members (excludes halogenated alkanes) is 7. The van der Waals surface area contributed by atoms with E-state index in [1.165, 1.54) is 12.2 Å². The van der Waals surface area contributed by atoms with E-state index in [0.29, 0.717) is 19.4 Å². The minimum absolute atomic E-state index is 0.110. The van der Waals surface area contributed by atoms with E-state index in [9.17, 15) is 20.4 Å². The van der Waals surface area contributed by atoms with Gasteiger partial charge in [0.1, 0.15) is 0 Å². The van der Waals surface area contributed by atoms with Gasteiger partial charge in [-0.05, 0) is 37.6 Å². The van der Waals surface area contributed by atoms with Crippen molar-refractivity contribution in [1.29, 1.82) is 0 Å². The van der Waals surface area contributed by atoms with Crippen LogP contribution < -0.4 is 0 Å². The van der Waals surface area contributed by atoms with Gasteiger partial charge in [0.05, 0.1) is 29.8 Å². The predicted molar refractivity (Wildman–Crippen MR) is 127 cm³/mol. The molecular formula is C24H43N3O4. The lowest BCUT2D eigenvalue weighted by atomic mass is 9.57. The highest BCUT2D eigenvalue weighted by Gasteiger charge is 2.60. The summed E-state index contributed by atoms with van der Waals surface area (Å²) < 4.78 is 0. The SMILES string of the molecule is C=CCC(O)(CC=C)C(CO)(CO)C(O)(CC=C)CCCCCCCCCCN=[N+]=[N-]. The molecule has 0 aliphatic heterocycles. The topological polar surface area (TPSA) is 130 Å². The Morgan fingerprint density at radius 3 is 1.55 bits per heavy atom. The Balaban J connectivity index is 4.97. The summed E-state index contributed by atoms with van der Waals surface area (Å²) in [6.45, 7) is 10.5.